The van der Waals surface area contributed by atoms with E-state index < -0.39 is 0 Å². The maximum absolute atomic E-state index is 3.86. The quantitative estimate of drug-likeness (QED) is 0.796. The summed E-state index contributed by atoms with van der Waals surface area (Å²) in [7, 11) is 0. The van der Waals surface area contributed by atoms with Gasteiger partial charge in [0, 0.05) is 12.6 Å². The molecule has 3 heteroatoms. The normalized spacial score (nSPS) is 30.6. The summed E-state index contributed by atoms with van der Waals surface area (Å²) in [6.45, 7) is 13.6. The summed E-state index contributed by atoms with van der Waals surface area (Å²) in [5.41, 5.74) is 0. The number of nitrogens with zero attached hydrogens (tertiary/aromatic N) is 2. The van der Waals surface area contributed by atoms with Crippen LogP contribution in [0.2, 0.25) is 0 Å². The number of hydrogen-bond donors (Lipinski definition) is 1. The van der Waals surface area contributed by atoms with Crippen LogP contribution >= 0.6 is 0 Å². The molecule has 0 radical (unpaired) electrons. The largest absolute Gasteiger partial charge is 0.314 e. The minimum atomic E-state index is 0.775. The summed E-state index contributed by atoms with van der Waals surface area (Å²) in [6.07, 6.45) is 6.81. The number of nitrogens with one attached hydrogen (secondary N) is 1. The fraction of sp³-hybridized carbons (Fsp3) is 1.00. The zero-order chi connectivity index (χ0) is 13.5. The minimum Gasteiger partial charge on any atom is -0.314 e. The highest BCUT2D eigenvalue weighted by atomic mass is 15.1. The third-order valence-electron chi connectivity index (χ3n) is 4.87. The Balaban J connectivity index is 1.63. The van der Waals surface area contributed by atoms with Gasteiger partial charge in [-0.25, -0.2) is 0 Å². The Kier molecular flexibility index (Phi) is 6.62. The van der Waals surface area contributed by atoms with Crippen LogP contribution in [0.5, 0.6) is 0 Å². The molecule has 3 nitrogen and oxygen atoms in total. The molecule has 0 saturated carbocycles. The van der Waals surface area contributed by atoms with Gasteiger partial charge in [0.2, 0.25) is 0 Å². The van der Waals surface area contributed by atoms with Crippen molar-refractivity contribution in [1.29, 1.82) is 0 Å². The molecule has 0 amide bonds. The molecule has 2 fully saturated rings. The first-order chi connectivity index (χ1) is 9.31. The van der Waals surface area contributed by atoms with E-state index in [-0.39, 0.29) is 0 Å². The third kappa shape index (κ3) is 5.05. The summed E-state index contributed by atoms with van der Waals surface area (Å²) < 4.78 is 0. The second kappa shape index (κ2) is 8.23. The van der Waals surface area contributed by atoms with Gasteiger partial charge in [0.25, 0.3) is 0 Å². The van der Waals surface area contributed by atoms with Gasteiger partial charge in [0.15, 0.2) is 0 Å². The van der Waals surface area contributed by atoms with Crippen molar-refractivity contribution in [1.82, 2.24) is 15.1 Å². The Morgan fingerprint density at radius 1 is 1.00 bits per heavy atom. The second-order valence-corrected chi connectivity index (χ2v) is 6.43. The topological polar surface area (TPSA) is 18.5 Å². The van der Waals surface area contributed by atoms with Crippen LogP contribution in [0.3, 0.4) is 0 Å². The molecule has 2 aliphatic rings. The number of likely N-dealkylation sites (tertiary alicyclic amines) is 2. The van der Waals surface area contributed by atoms with Crippen LogP contribution in [-0.2, 0) is 0 Å². The zero-order valence-corrected chi connectivity index (χ0v) is 13.0. The van der Waals surface area contributed by atoms with Crippen molar-refractivity contribution in [2.45, 2.75) is 52.0 Å². The van der Waals surface area contributed by atoms with E-state index in [1.807, 2.05) is 0 Å². The lowest BCUT2D eigenvalue weighted by atomic mass is 10.1. The monoisotopic (exact) mass is 267 g/mol. The lowest BCUT2D eigenvalue weighted by Crippen LogP contribution is -2.35. The predicted octanol–water partition coefficient (Wildman–Crippen LogP) is 2.18. The molecular formula is C16H33N3. The van der Waals surface area contributed by atoms with Gasteiger partial charge in [-0.05, 0) is 77.3 Å². The molecule has 0 aliphatic carbocycles. The van der Waals surface area contributed by atoms with Gasteiger partial charge < -0.3 is 15.1 Å². The van der Waals surface area contributed by atoms with Crippen molar-refractivity contribution in [3.05, 3.63) is 0 Å². The summed E-state index contributed by atoms with van der Waals surface area (Å²) in [5, 5.41) is 3.86. The van der Waals surface area contributed by atoms with E-state index in [1.54, 1.807) is 0 Å². The summed E-state index contributed by atoms with van der Waals surface area (Å²) in [6, 6.07) is 0.775. The van der Waals surface area contributed by atoms with E-state index in [0.717, 1.165) is 12.0 Å². The molecule has 2 aliphatic heterocycles. The summed E-state index contributed by atoms with van der Waals surface area (Å²) in [5.74, 6) is 0.898. The minimum absolute atomic E-state index is 0.775. The molecule has 0 spiro atoms. The highest BCUT2D eigenvalue weighted by Gasteiger charge is 2.22. The van der Waals surface area contributed by atoms with Crippen LogP contribution < -0.4 is 5.32 Å². The van der Waals surface area contributed by atoms with Crippen LogP contribution in [0.25, 0.3) is 0 Å². The molecule has 0 bridgehead atoms. The zero-order valence-electron chi connectivity index (χ0n) is 13.0. The fourth-order valence-corrected chi connectivity index (χ4v) is 3.60. The Labute approximate surface area is 119 Å². The van der Waals surface area contributed by atoms with Gasteiger partial charge >= 0.3 is 0 Å². The maximum Gasteiger partial charge on any atom is 0.00798 e. The van der Waals surface area contributed by atoms with E-state index in [4.69, 9.17) is 0 Å². The highest BCUT2D eigenvalue weighted by Crippen LogP contribution is 2.16. The molecule has 2 atom stereocenters. The summed E-state index contributed by atoms with van der Waals surface area (Å²) >= 11 is 0. The highest BCUT2D eigenvalue weighted by molar-refractivity contribution is 4.80. The van der Waals surface area contributed by atoms with Gasteiger partial charge in [-0.3, -0.25) is 0 Å². The average Bonchev–Trinajstić information content (AvgIpc) is 2.77. The Hall–Kier alpha value is -0.120. The van der Waals surface area contributed by atoms with Crippen molar-refractivity contribution in [3.63, 3.8) is 0 Å². The van der Waals surface area contributed by atoms with E-state index in [0.29, 0.717) is 0 Å². The van der Waals surface area contributed by atoms with Gasteiger partial charge in [-0.2, -0.15) is 0 Å². The molecule has 2 unspecified atom stereocenters. The van der Waals surface area contributed by atoms with Gasteiger partial charge in [0.05, 0.1) is 0 Å². The second-order valence-electron chi connectivity index (χ2n) is 6.43. The van der Waals surface area contributed by atoms with Crippen LogP contribution in [0.1, 0.15) is 46.0 Å². The lowest BCUT2D eigenvalue weighted by molar-refractivity contribution is 0.281. The van der Waals surface area contributed by atoms with Crippen LogP contribution in [-0.4, -0.2) is 61.7 Å². The van der Waals surface area contributed by atoms with Crippen molar-refractivity contribution < 1.29 is 0 Å². The van der Waals surface area contributed by atoms with Crippen LogP contribution in [0.15, 0.2) is 0 Å². The molecule has 0 aromatic heterocycles. The van der Waals surface area contributed by atoms with E-state index in [1.165, 1.54) is 77.9 Å². The van der Waals surface area contributed by atoms with Crippen LogP contribution in [0, 0.1) is 5.92 Å². The number of hydrogen-bond acceptors (Lipinski definition) is 3. The smallest absolute Gasteiger partial charge is 0.00798 e. The average molecular weight is 267 g/mol. The van der Waals surface area contributed by atoms with E-state index in [2.05, 4.69) is 29.0 Å². The van der Waals surface area contributed by atoms with Crippen molar-refractivity contribution in [2.24, 2.45) is 5.92 Å². The predicted molar refractivity (Wildman–Crippen MR) is 82.6 cm³/mol. The Morgan fingerprint density at radius 2 is 1.84 bits per heavy atom. The van der Waals surface area contributed by atoms with Crippen LogP contribution in [0.4, 0.5) is 0 Å². The molecule has 0 aromatic carbocycles. The molecule has 1 N–H and O–H groups in total. The molecule has 0 aromatic rings. The number of rotatable bonds is 6. The molecule has 2 heterocycles. The molecule has 112 valence electrons. The first-order valence-corrected chi connectivity index (χ1v) is 8.50. The molecule has 19 heavy (non-hydrogen) atoms. The first kappa shape index (κ1) is 15.3. The molecular weight excluding hydrogens is 234 g/mol. The Bertz CT molecular complexity index is 244. The summed E-state index contributed by atoms with van der Waals surface area (Å²) in [4.78, 5) is 5.23. The van der Waals surface area contributed by atoms with Gasteiger partial charge in [-0.15, -0.1) is 0 Å². The van der Waals surface area contributed by atoms with E-state index in [9.17, 15) is 0 Å². The standard InChI is InChI=1S/C16H33N3/c1-3-9-19-10-5-6-16(8-12-19)17-13-15-7-11-18(4-2)14-15/h15-17H,3-14H2,1-2H3. The lowest BCUT2D eigenvalue weighted by Gasteiger charge is -2.21. The fourth-order valence-electron chi connectivity index (χ4n) is 3.60. The molecule has 2 saturated heterocycles. The van der Waals surface area contributed by atoms with Gasteiger partial charge in [0.1, 0.15) is 0 Å². The van der Waals surface area contributed by atoms with Crippen molar-refractivity contribution >= 4 is 0 Å². The van der Waals surface area contributed by atoms with E-state index >= 15 is 0 Å². The maximum atomic E-state index is 3.86. The van der Waals surface area contributed by atoms with Crippen molar-refractivity contribution in [2.75, 3.05) is 45.8 Å². The Morgan fingerprint density at radius 3 is 2.58 bits per heavy atom. The first-order valence-electron chi connectivity index (χ1n) is 8.50. The molecule has 2 rings (SSSR count). The third-order valence-corrected chi connectivity index (χ3v) is 4.87. The van der Waals surface area contributed by atoms with Gasteiger partial charge in [-0.1, -0.05) is 13.8 Å². The van der Waals surface area contributed by atoms with Crippen molar-refractivity contribution in [3.8, 4) is 0 Å². The SMILES string of the molecule is CCCN1CCCC(NCC2CCN(CC)C2)CC1.